The Hall–Kier alpha value is -2.90. The zero-order valence-electron chi connectivity index (χ0n) is 15.7. The zero-order valence-corrected chi connectivity index (χ0v) is 17.3. The number of amides is 1. The number of carbonyl (C=O) groups excluding carboxylic acids is 2. The number of primary amides is 1. The molecule has 2 heterocycles. The summed E-state index contributed by atoms with van der Waals surface area (Å²) in [6.07, 6.45) is 2.22. The Balaban J connectivity index is 1.90. The van der Waals surface area contributed by atoms with Crippen molar-refractivity contribution < 1.29 is 19.1 Å². The van der Waals surface area contributed by atoms with Gasteiger partial charge >= 0.3 is 5.97 Å². The van der Waals surface area contributed by atoms with Crippen LogP contribution in [0.1, 0.15) is 28.4 Å². The van der Waals surface area contributed by atoms with Gasteiger partial charge in [0.25, 0.3) is 5.91 Å². The number of hydrogen-bond acceptors (Lipinski definition) is 7. The average Bonchev–Trinajstić information content (AvgIpc) is 3.14. The van der Waals surface area contributed by atoms with Gasteiger partial charge in [0.1, 0.15) is 5.56 Å². The van der Waals surface area contributed by atoms with Crippen molar-refractivity contribution in [2.24, 2.45) is 11.7 Å². The van der Waals surface area contributed by atoms with Crippen molar-refractivity contribution in [1.29, 1.82) is 5.26 Å². The van der Waals surface area contributed by atoms with Crippen molar-refractivity contribution in [3.63, 3.8) is 0 Å². The molecule has 0 radical (unpaired) electrons. The fraction of sp³-hybridized carbons (Fsp3) is 0.368. The fourth-order valence-corrected chi connectivity index (χ4v) is 3.51. The zero-order chi connectivity index (χ0) is 21.0. The van der Waals surface area contributed by atoms with Gasteiger partial charge in [-0.25, -0.2) is 0 Å². The number of aromatic nitrogens is 2. The molecule has 0 bridgehead atoms. The lowest BCUT2D eigenvalue weighted by Crippen LogP contribution is -2.29. The number of hydrogen-bond donors (Lipinski definition) is 2. The van der Waals surface area contributed by atoms with Gasteiger partial charge in [-0.2, -0.15) is 10.4 Å². The summed E-state index contributed by atoms with van der Waals surface area (Å²) in [6.45, 7) is 0.852. The van der Waals surface area contributed by atoms with E-state index in [2.05, 4.69) is 32.4 Å². The van der Waals surface area contributed by atoms with Gasteiger partial charge in [0.2, 0.25) is 0 Å². The number of methoxy groups -OCH3 is 1. The van der Waals surface area contributed by atoms with E-state index in [9.17, 15) is 14.9 Å². The van der Waals surface area contributed by atoms with Gasteiger partial charge < -0.3 is 20.5 Å². The highest BCUT2D eigenvalue weighted by Crippen LogP contribution is 2.29. The van der Waals surface area contributed by atoms with E-state index in [1.165, 1.54) is 13.3 Å². The van der Waals surface area contributed by atoms with Crippen LogP contribution in [-0.4, -0.2) is 42.0 Å². The van der Waals surface area contributed by atoms with Crippen molar-refractivity contribution in [2.75, 3.05) is 25.6 Å². The first kappa shape index (κ1) is 20.8. The summed E-state index contributed by atoms with van der Waals surface area (Å²) in [5.41, 5.74) is 7.05. The van der Waals surface area contributed by atoms with Crippen LogP contribution in [0.3, 0.4) is 0 Å². The SMILES string of the molecule is COC(=O)Cc1cc(Nc2nn([C@H]3COCCC3C#N)cc2C(N)=O)ccc1Br. The molecule has 152 valence electrons. The molecule has 1 saturated heterocycles. The van der Waals surface area contributed by atoms with Crippen LogP contribution in [0.2, 0.25) is 0 Å². The largest absolute Gasteiger partial charge is 0.469 e. The molecular weight excluding hydrogens is 442 g/mol. The second-order valence-corrected chi connectivity index (χ2v) is 7.44. The number of esters is 1. The number of ether oxygens (including phenoxy) is 2. The molecule has 10 heteroatoms. The molecule has 1 aliphatic rings. The third kappa shape index (κ3) is 4.75. The minimum absolute atomic E-state index is 0.0903. The quantitative estimate of drug-likeness (QED) is 0.630. The summed E-state index contributed by atoms with van der Waals surface area (Å²) in [7, 11) is 1.33. The molecule has 2 aromatic rings. The minimum Gasteiger partial charge on any atom is -0.469 e. The summed E-state index contributed by atoms with van der Waals surface area (Å²) >= 11 is 3.41. The van der Waals surface area contributed by atoms with Crippen LogP contribution in [0.15, 0.2) is 28.9 Å². The first-order valence-electron chi connectivity index (χ1n) is 8.91. The average molecular weight is 462 g/mol. The maximum Gasteiger partial charge on any atom is 0.310 e. The van der Waals surface area contributed by atoms with Crippen LogP contribution in [0.4, 0.5) is 11.5 Å². The van der Waals surface area contributed by atoms with Gasteiger partial charge in [0.15, 0.2) is 5.82 Å². The molecule has 0 spiro atoms. The number of nitrogens with zero attached hydrogens (tertiary/aromatic N) is 3. The van der Waals surface area contributed by atoms with E-state index >= 15 is 0 Å². The van der Waals surface area contributed by atoms with Gasteiger partial charge in [-0.3, -0.25) is 14.3 Å². The molecular formula is C19H20BrN5O4. The normalized spacial score (nSPS) is 18.7. The maximum absolute atomic E-state index is 11.9. The summed E-state index contributed by atoms with van der Waals surface area (Å²) in [5, 5.41) is 16.9. The first-order valence-corrected chi connectivity index (χ1v) is 9.70. The van der Waals surface area contributed by atoms with Gasteiger partial charge in [-0.15, -0.1) is 0 Å². The molecule has 9 nitrogen and oxygen atoms in total. The molecule has 3 N–H and O–H groups in total. The van der Waals surface area contributed by atoms with Crippen LogP contribution < -0.4 is 11.1 Å². The summed E-state index contributed by atoms with van der Waals surface area (Å²) in [5.74, 6) is -1.01. The lowest BCUT2D eigenvalue weighted by atomic mass is 9.97. The molecule has 1 aromatic carbocycles. The van der Waals surface area contributed by atoms with E-state index in [-0.39, 0.29) is 35.7 Å². The molecule has 1 unspecified atom stereocenters. The van der Waals surface area contributed by atoms with E-state index in [0.29, 0.717) is 30.9 Å². The number of nitrogens with one attached hydrogen (secondary N) is 1. The Kier molecular flexibility index (Phi) is 6.51. The lowest BCUT2D eigenvalue weighted by Gasteiger charge is -2.26. The van der Waals surface area contributed by atoms with Crippen molar-refractivity contribution in [2.45, 2.75) is 18.9 Å². The Morgan fingerprint density at radius 2 is 2.31 bits per heavy atom. The third-order valence-electron chi connectivity index (χ3n) is 4.70. The molecule has 0 aliphatic carbocycles. The van der Waals surface area contributed by atoms with Crippen LogP contribution in [0.5, 0.6) is 0 Å². The Bertz CT molecular complexity index is 968. The number of carbonyl (C=O) groups is 2. The first-order chi connectivity index (χ1) is 13.9. The predicted molar refractivity (Wildman–Crippen MR) is 107 cm³/mol. The van der Waals surface area contributed by atoms with Crippen molar-refractivity contribution in [3.05, 3.63) is 40.0 Å². The highest BCUT2D eigenvalue weighted by atomic mass is 79.9. The number of nitriles is 1. The predicted octanol–water partition coefficient (Wildman–Crippen LogP) is 2.30. The van der Waals surface area contributed by atoms with Gasteiger partial charge in [-0.05, 0) is 30.2 Å². The highest BCUT2D eigenvalue weighted by molar-refractivity contribution is 9.10. The molecule has 29 heavy (non-hydrogen) atoms. The van der Waals surface area contributed by atoms with E-state index in [4.69, 9.17) is 15.2 Å². The van der Waals surface area contributed by atoms with Crippen LogP contribution in [0.25, 0.3) is 0 Å². The number of anilines is 2. The molecule has 1 fully saturated rings. The number of benzene rings is 1. The number of rotatable bonds is 6. The molecule has 1 aliphatic heterocycles. The Morgan fingerprint density at radius 1 is 1.52 bits per heavy atom. The van der Waals surface area contributed by atoms with Crippen molar-refractivity contribution in [3.8, 4) is 6.07 Å². The van der Waals surface area contributed by atoms with Crippen LogP contribution >= 0.6 is 15.9 Å². The Labute approximate surface area is 175 Å². The van der Waals surface area contributed by atoms with E-state index < -0.39 is 5.91 Å². The summed E-state index contributed by atoms with van der Waals surface area (Å²) in [4.78, 5) is 23.5. The molecule has 0 saturated carbocycles. The maximum atomic E-state index is 11.9. The van der Waals surface area contributed by atoms with E-state index in [0.717, 1.165) is 4.47 Å². The van der Waals surface area contributed by atoms with E-state index in [1.807, 2.05) is 0 Å². The second kappa shape index (κ2) is 9.07. The van der Waals surface area contributed by atoms with Gasteiger partial charge in [0, 0.05) is 23.0 Å². The van der Waals surface area contributed by atoms with E-state index in [1.54, 1.807) is 22.9 Å². The Morgan fingerprint density at radius 3 is 3.00 bits per heavy atom. The minimum atomic E-state index is -0.643. The second-order valence-electron chi connectivity index (χ2n) is 6.59. The molecule has 2 atom stereocenters. The number of nitrogens with two attached hydrogens (primary N) is 1. The highest BCUT2D eigenvalue weighted by Gasteiger charge is 2.29. The standard InChI is InChI=1S/C19H20BrN5O4/c1-28-17(26)7-12-6-13(2-3-15(12)20)23-19-14(18(22)27)9-25(24-19)16-10-29-5-4-11(16)8-21/h2-3,6,9,11,16H,4-5,7,10H2,1H3,(H2,22,27)(H,23,24)/t11?,16-/m0/s1. The van der Waals surface area contributed by atoms with Crippen molar-refractivity contribution in [1.82, 2.24) is 9.78 Å². The monoisotopic (exact) mass is 461 g/mol. The number of halogens is 1. The lowest BCUT2D eigenvalue weighted by molar-refractivity contribution is -0.139. The molecule has 1 aromatic heterocycles. The third-order valence-corrected chi connectivity index (χ3v) is 5.47. The topological polar surface area (TPSA) is 132 Å². The van der Waals surface area contributed by atoms with Crippen LogP contribution in [-0.2, 0) is 20.7 Å². The molecule has 1 amide bonds. The smallest absolute Gasteiger partial charge is 0.310 e. The fourth-order valence-electron chi connectivity index (χ4n) is 3.12. The summed E-state index contributed by atoms with van der Waals surface area (Å²) in [6, 6.07) is 7.28. The van der Waals surface area contributed by atoms with Gasteiger partial charge in [-0.1, -0.05) is 15.9 Å². The van der Waals surface area contributed by atoms with Crippen LogP contribution in [0, 0.1) is 17.2 Å². The molecule has 3 rings (SSSR count). The summed E-state index contributed by atoms with van der Waals surface area (Å²) < 4.78 is 12.5. The van der Waals surface area contributed by atoms with Crippen molar-refractivity contribution >= 4 is 39.3 Å². The van der Waals surface area contributed by atoms with Gasteiger partial charge in [0.05, 0.1) is 38.2 Å².